The third-order valence-corrected chi connectivity index (χ3v) is 5.93. The van der Waals surface area contributed by atoms with E-state index in [1.165, 1.54) is 0 Å². The van der Waals surface area contributed by atoms with Gasteiger partial charge in [0.1, 0.15) is 5.73 Å². The van der Waals surface area contributed by atoms with E-state index < -0.39 is 8.80 Å². The summed E-state index contributed by atoms with van der Waals surface area (Å²) >= 11 is 0. The lowest BCUT2D eigenvalue weighted by Gasteiger charge is -2.34. The predicted octanol–water partition coefficient (Wildman–Crippen LogP) is 0.845. The molecule has 1 aliphatic heterocycles. The van der Waals surface area contributed by atoms with Crippen LogP contribution in [0.1, 0.15) is 13.3 Å². The van der Waals surface area contributed by atoms with Gasteiger partial charge < -0.3 is 22.8 Å². The summed E-state index contributed by atoms with van der Waals surface area (Å²) in [5.74, 6) is 0.506. The molecule has 1 saturated heterocycles. The molecule has 0 aromatic heterocycles. The maximum atomic E-state index is 5.84. The van der Waals surface area contributed by atoms with Crippen molar-refractivity contribution < 1.29 is 22.8 Å². The molecule has 0 amide bonds. The lowest BCUT2D eigenvalue weighted by molar-refractivity contribution is -0.0881. The zero-order chi connectivity index (χ0) is 12.0. The van der Waals surface area contributed by atoms with Gasteiger partial charge in [0.25, 0.3) is 0 Å². The quantitative estimate of drug-likeness (QED) is 0.598. The van der Waals surface area contributed by atoms with Crippen molar-refractivity contribution in [1.82, 2.24) is 0 Å². The van der Waals surface area contributed by atoms with E-state index in [4.69, 9.17) is 22.8 Å². The van der Waals surface area contributed by atoms with Crippen LogP contribution in [-0.4, -0.2) is 55.7 Å². The Labute approximate surface area is 98.3 Å². The van der Waals surface area contributed by atoms with Crippen LogP contribution in [0.5, 0.6) is 0 Å². The summed E-state index contributed by atoms with van der Waals surface area (Å²) in [5, 5.41) is 0. The highest BCUT2D eigenvalue weighted by Crippen LogP contribution is 2.20. The van der Waals surface area contributed by atoms with Crippen LogP contribution in [0.15, 0.2) is 0 Å². The van der Waals surface area contributed by atoms with Crippen molar-refractivity contribution in [3.63, 3.8) is 0 Å². The first kappa shape index (κ1) is 14.1. The second-order valence-electron chi connectivity index (χ2n) is 3.85. The van der Waals surface area contributed by atoms with Gasteiger partial charge in [-0.3, -0.25) is 0 Å². The first-order valence-electron chi connectivity index (χ1n) is 5.57. The average molecular weight is 250 g/mol. The maximum Gasteiger partial charge on any atom is 0.530 e. The molecular formula is C10H22O5Si. The van der Waals surface area contributed by atoms with E-state index in [1.807, 2.05) is 6.92 Å². The van der Waals surface area contributed by atoms with Crippen LogP contribution < -0.4 is 0 Å². The second-order valence-corrected chi connectivity index (χ2v) is 6.93. The van der Waals surface area contributed by atoms with Gasteiger partial charge in [0.15, 0.2) is 0 Å². The highest BCUT2D eigenvalue weighted by molar-refractivity contribution is 6.62. The minimum Gasteiger partial charge on any atom is -0.381 e. The molecule has 6 heteroatoms. The van der Waals surface area contributed by atoms with Crippen molar-refractivity contribution in [3.8, 4) is 0 Å². The van der Waals surface area contributed by atoms with Crippen molar-refractivity contribution in [2.24, 2.45) is 5.92 Å². The van der Waals surface area contributed by atoms with E-state index in [1.54, 1.807) is 21.3 Å². The molecule has 1 aliphatic rings. The Bertz CT molecular complexity index is 185. The second kappa shape index (κ2) is 6.68. The number of ether oxygens (including phenoxy) is 2. The van der Waals surface area contributed by atoms with Gasteiger partial charge in [0.05, 0.1) is 19.8 Å². The Morgan fingerprint density at radius 2 is 1.75 bits per heavy atom. The molecule has 1 unspecified atom stereocenters. The maximum absolute atomic E-state index is 5.84. The SMILES string of the molecule is CCC(OCC1COC1)[Si](OC)(OC)OC. The van der Waals surface area contributed by atoms with Crippen molar-refractivity contribution >= 4 is 8.80 Å². The molecule has 0 aromatic carbocycles. The summed E-state index contributed by atoms with van der Waals surface area (Å²) in [4.78, 5) is 0. The fourth-order valence-electron chi connectivity index (χ4n) is 1.75. The van der Waals surface area contributed by atoms with E-state index in [0.717, 1.165) is 19.6 Å². The number of rotatable bonds is 8. The molecule has 0 spiro atoms. The van der Waals surface area contributed by atoms with E-state index in [-0.39, 0.29) is 5.73 Å². The van der Waals surface area contributed by atoms with Crippen molar-refractivity contribution in [2.45, 2.75) is 19.1 Å². The monoisotopic (exact) mass is 250 g/mol. The van der Waals surface area contributed by atoms with E-state index in [9.17, 15) is 0 Å². The predicted molar refractivity (Wildman–Crippen MR) is 61.1 cm³/mol. The lowest BCUT2D eigenvalue weighted by atomic mass is 10.1. The van der Waals surface area contributed by atoms with E-state index in [0.29, 0.717) is 12.5 Å². The average Bonchev–Trinajstić information content (AvgIpc) is 2.27. The van der Waals surface area contributed by atoms with E-state index in [2.05, 4.69) is 0 Å². The van der Waals surface area contributed by atoms with Crippen molar-refractivity contribution in [3.05, 3.63) is 0 Å². The Hall–Kier alpha value is 0.0169. The Morgan fingerprint density at radius 3 is 2.06 bits per heavy atom. The molecule has 1 heterocycles. The summed E-state index contributed by atoms with van der Waals surface area (Å²) in [7, 11) is 2.16. The first-order valence-corrected chi connectivity index (χ1v) is 7.37. The third kappa shape index (κ3) is 3.03. The molecule has 0 radical (unpaired) electrons. The number of hydrogen-bond donors (Lipinski definition) is 0. The Kier molecular flexibility index (Phi) is 5.88. The smallest absolute Gasteiger partial charge is 0.381 e. The fourth-order valence-corrected chi connectivity index (χ4v) is 3.84. The molecule has 0 aliphatic carbocycles. The molecular weight excluding hydrogens is 228 g/mol. The molecule has 0 bridgehead atoms. The minimum absolute atomic E-state index is 0.104. The Balaban J connectivity index is 2.47. The van der Waals surface area contributed by atoms with Crippen molar-refractivity contribution in [2.75, 3.05) is 41.2 Å². The standard InChI is InChI=1S/C10H22O5Si/c1-5-10(15-8-9-6-14-7-9)16(11-2,12-3)13-4/h9-10H,5-8H2,1-4H3. The third-order valence-electron chi connectivity index (χ3n) is 2.86. The van der Waals surface area contributed by atoms with Gasteiger partial charge >= 0.3 is 8.80 Å². The van der Waals surface area contributed by atoms with Gasteiger partial charge in [-0.1, -0.05) is 6.92 Å². The van der Waals surface area contributed by atoms with Crippen molar-refractivity contribution in [1.29, 1.82) is 0 Å². The molecule has 5 nitrogen and oxygen atoms in total. The highest BCUT2D eigenvalue weighted by Gasteiger charge is 2.48. The van der Waals surface area contributed by atoms with Gasteiger partial charge in [0, 0.05) is 27.2 Å². The van der Waals surface area contributed by atoms with Gasteiger partial charge in [-0.05, 0) is 6.42 Å². The van der Waals surface area contributed by atoms with Crippen LogP contribution in [0.2, 0.25) is 0 Å². The lowest BCUT2D eigenvalue weighted by Crippen LogP contribution is -2.56. The molecule has 1 atom stereocenters. The van der Waals surface area contributed by atoms with Crippen LogP contribution in [0, 0.1) is 5.92 Å². The summed E-state index contributed by atoms with van der Waals surface area (Å²) in [5.41, 5.74) is -0.104. The molecule has 96 valence electrons. The van der Waals surface area contributed by atoms with Gasteiger partial charge in [-0.2, -0.15) is 0 Å². The van der Waals surface area contributed by atoms with Gasteiger partial charge in [-0.15, -0.1) is 0 Å². The summed E-state index contributed by atoms with van der Waals surface area (Å²) in [6.07, 6.45) is 0.815. The molecule has 1 rings (SSSR count). The van der Waals surface area contributed by atoms with Gasteiger partial charge in [-0.25, -0.2) is 0 Å². The highest BCUT2D eigenvalue weighted by atomic mass is 28.4. The van der Waals surface area contributed by atoms with Gasteiger partial charge in [0.2, 0.25) is 0 Å². The zero-order valence-corrected chi connectivity index (χ0v) is 11.5. The Morgan fingerprint density at radius 1 is 1.19 bits per heavy atom. The van der Waals surface area contributed by atoms with E-state index >= 15 is 0 Å². The summed E-state index contributed by atoms with van der Waals surface area (Å²) in [6.45, 7) is 4.31. The van der Waals surface area contributed by atoms with Crippen LogP contribution >= 0.6 is 0 Å². The van der Waals surface area contributed by atoms with Crippen LogP contribution in [0.25, 0.3) is 0 Å². The minimum atomic E-state index is -2.67. The number of hydrogen-bond acceptors (Lipinski definition) is 5. The molecule has 0 aromatic rings. The topological polar surface area (TPSA) is 46.2 Å². The molecule has 0 saturated carbocycles. The summed E-state index contributed by atoms with van der Waals surface area (Å²) < 4.78 is 27.2. The first-order chi connectivity index (χ1) is 7.72. The van der Waals surface area contributed by atoms with Crippen LogP contribution in [0.3, 0.4) is 0 Å². The normalized spacial score (nSPS) is 19.5. The van der Waals surface area contributed by atoms with Crippen LogP contribution in [0.4, 0.5) is 0 Å². The van der Waals surface area contributed by atoms with Crippen LogP contribution in [-0.2, 0) is 22.8 Å². The molecule has 1 fully saturated rings. The summed E-state index contributed by atoms with van der Waals surface area (Å²) in [6, 6.07) is 0. The molecule has 0 N–H and O–H groups in total. The largest absolute Gasteiger partial charge is 0.530 e. The molecule has 16 heavy (non-hydrogen) atoms. The fraction of sp³-hybridized carbons (Fsp3) is 1.00. The zero-order valence-electron chi connectivity index (χ0n) is 10.5.